The molecule has 0 radical (unpaired) electrons. The van der Waals surface area contributed by atoms with Gasteiger partial charge in [0, 0.05) is 18.0 Å². The predicted octanol–water partition coefficient (Wildman–Crippen LogP) is 2.00. The zero-order chi connectivity index (χ0) is 14.8. The molecule has 2 aromatic heterocycles. The molecule has 3 rings (SSSR count). The lowest BCUT2D eigenvalue weighted by Crippen LogP contribution is -2.12. The maximum atomic E-state index is 12.0. The van der Waals surface area contributed by atoms with Gasteiger partial charge in [0.25, 0.3) is 5.91 Å². The molecule has 3 aromatic rings. The maximum absolute atomic E-state index is 12.0. The molecule has 2 heterocycles. The molecule has 21 heavy (non-hydrogen) atoms. The molecule has 7 heteroatoms. The van der Waals surface area contributed by atoms with Gasteiger partial charge in [0.1, 0.15) is 0 Å². The highest BCUT2D eigenvalue weighted by atomic mass is 16.5. The summed E-state index contributed by atoms with van der Waals surface area (Å²) in [6.45, 7) is 1.77. The van der Waals surface area contributed by atoms with Crippen LogP contribution in [0.5, 0.6) is 0 Å². The molecule has 0 aliphatic carbocycles. The SMILES string of the molecule is Cc1cc(NC(=O)c2ccn(-c3cccc(N)c3)n2)on1. The number of benzene rings is 1. The monoisotopic (exact) mass is 283 g/mol. The first kappa shape index (κ1) is 12.9. The van der Waals surface area contributed by atoms with Crippen molar-refractivity contribution in [1.82, 2.24) is 14.9 Å². The van der Waals surface area contributed by atoms with Crippen LogP contribution in [0.2, 0.25) is 0 Å². The Balaban J connectivity index is 1.80. The number of hydrogen-bond donors (Lipinski definition) is 2. The van der Waals surface area contributed by atoms with Crippen molar-refractivity contribution in [3.05, 3.63) is 54.0 Å². The van der Waals surface area contributed by atoms with E-state index in [4.69, 9.17) is 10.3 Å². The minimum atomic E-state index is -0.367. The number of nitrogen functional groups attached to an aromatic ring is 1. The minimum absolute atomic E-state index is 0.270. The zero-order valence-corrected chi connectivity index (χ0v) is 11.3. The second-order valence-electron chi connectivity index (χ2n) is 4.53. The molecular weight excluding hydrogens is 270 g/mol. The van der Waals surface area contributed by atoms with Gasteiger partial charge >= 0.3 is 0 Å². The van der Waals surface area contributed by atoms with Gasteiger partial charge in [-0.2, -0.15) is 5.10 Å². The topological polar surface area (TPSA) is 99.0 Å². The summed E-state index contributed by atoms with van der Waals surface area (Å²) in [5, 5.41) is 10.5. The lowest BCUT2D eigenvalue weighted by molar-refractivity contribution is 0.101. The molecule has 1 aromatic carbocycles. The average Bonchev–Trinajstić information content (AvgIpc) is 3.08. The zero-order valence-electron chi connectivity index (χ0n) is 11.3. The highest BCUT2D eigenvalue weighted by molar-refractivity contribution is 6.02. The third-order valence-electron chi connectivity index (χ3n) is 2.82. The Hall–Kier alpha value is -3.09. The summed E-state index contributed by atoms with van der Waals surface area (Å²) in [6, 6.07) is 10.5. The number of amides is 1. The lowest BCUT2D eigenvalue weighted by Gasteiger charge is -2.02. The van der Waals surface area contributed by atoms with Crippen LogP contribution in [0.1, 0.15) is 16.2 Å². The van der Waals surface area contributed by atoms with E-state index in [1.807, 2.05) is 12.1 Å². The van der Waals surface area contributed by atoms with Gasteiger partial charge in [-0.25, -0.2) is 4.68 Å². The molecule has 0 spiro atoms. The van der Waals surface area contributed by atoms with E-state index in [1.54, 1.807) is 42.1 Å². The van der Waals surface area contributed by atoms with E-state index in [1.165, 1.54) is 0 Å². The predicted molar refractivity (Wildman–Crippen MR) is 77.2 cm³/mol. The fourth-order valence-electron chi connectivity index (χ4n) is 1.85. The third-order valence-corrected chi connectivity index (χ3v) is 2.82. The van der Waals surface area contributed by atoms with Crippen molar-refractivity contribution < 1.29 is 9.32 Å². The molecule has 0 bridgehead atoms. The van der Waals surface area contributed by atoms with Gasteiger partial charge in [-0.05, 0) is 31.2 Å². The summed E-state index contributed by atoms with van der Waals surface area (Å²) in [6.07, 6.45) is 1.69. The number of rotatable bonds is 3. The number of aryl methyl sites for hydroxylation is 1. The van der Waals surface area contributed by atoms with Crippen LogP contribution in [0.15, 0.2) is 47.1 Å². The summed E-state index contributed by atoms with van der Waals surface area (Å²) in [7, 11) is 0. The number of nitrogens with two attached hydrogens (primary N) is 1. The molecule has 106 valence electrons. The molecule has 0 aliphatic rings. The van der Waals surface area contributed by atoms with Crippen LogP contribution in [0.25, 0.3) is 5.69 Å². The number of carbonyl (C=O) groups is 1. The minimum Gasteiger partial charge on any atom is -0.399 e. The van der Waals surface area contributed by atoms with Crippen LogP contribution in [0.3, 0.4) is 0 Å². The van der Waals surface area contributed by atoms with E-state index in [9.17, 15) is 4.79 Å². The quantitative estimate of drug-likeness (QED) is 0.716. The fraction of sp³-hybridized carbons (Fsp3) is 0.0714. The van der Waals surface area contributed by atoms with Crippen molar-refractivity contribution in [2.45, 2.75) is 6.92 Å². The Labute approximate surface area is 120 Å². The van der Waals surface area contributed by atoms with Crippen LogP contribution in [-0.4, -0.2) is 20.8 Å². The van der Waals surface area contributed by atoms with Gasteiger partial charge in [-0.1, -0.05) is 11.2 Å². The van der Waals surface area contributed by atoms with Crippen molar-refractivity contribution in [2.24, 2.45) is 0 Å². The second kappa shape index (κ2) is 5.12. The molecule has 3 N–H and O–H groups in total. The van der Waals surface area contributed by atoms with E-state index in [0.717, 1.165) is 5.69 Å². The first-order valence-electron chi connectivity index (χ1n) is 6.28. The van der Waals surface area contributed by atoms with Gasteiger partial charge in [0.05, 0.1) is 11.4 Å². The van der Waals surface area contributed by atoms with Gasteiger partial charge in [-0.3, -0.25) is 10.1 Å². The van der Waals surface area contributed by atoms with E-state index in [2.05, 4.69) is 15.6 Å². The van der Waals surface area contributed by atoms with Crippen LogP contribution < -0.4 is 11.1 Å². The molecule has 0 saturated heterocycles. The summed E-state index contributed by atoms with van der Waals surface area (Å²) in [5.41, 5.74) is 8.10. The largest absolute Gasteiger partial charge is 0.399 e. The lowest BCUT2D eigenvalue weighted by atomic mass is 10.3. The Bertz CT molecular complexity index is 790. The van der Waals surface area contributed by atoms with E-state index in [-0.39, 0.29) is 17.5 Å². The summed E-state index contributed by atoms with van der Waals surface area (Å²) < 4.78 is 6.51. The van der Waals surface area contributed by atoms with Crippen molar-refractivity contribution in [3.8, 4) is 5.69 Å². The molecule has 0 unspecified atom stereocenters. The molecule has 1 amide bonds. The number of carbonyl (C=O) groups excluding carboxylic acids is 1. The van der Waals surface area contributed by atoms with Crippen LogP contribution in [0, 0.1) is 6.92 Å². The van der Waals surface area contributed by atoms with Crippen molar-refractivity contribution in [1.29, 1.82) is 0 Å². The summed E-state index contributed by atoms with van der Waals surface area (Å²) in [4.78, 5) is 12.0. The average molecular weight is 283 g/mol. The molecule has 0 atom stereocenters. The standard InChI is InChI=1S/C14H13N5O2/c1-9-7-13(21-18-9)16-14(20)12-5-6-19(17-12)11-4-2-3-10(15)8-11/h2-8H,15H2,1H3,(H,16,20). The number of anilines is 2. The van der Waals surface area contributed by atoms with Gasteiger partial charge in [0.2, 0.25) is 5.88 Å². The highest BCUT2D eigenvalue weighted by Crippen LogP contribution is 2.13. The van der Waals surface area contributed by atoms with Gasteiger partial charge in [0.15, 0.2) is 5.69 Å². The molecule has 0 aliphatic heterocycles. The Morgan fingerprint density at radius 1 is 1.33 bits per heavy atom. The third kappa shape index (κ3) is 2.76. The second-order valence-corrected chi connectivity index (χ2v) is 4.53. The molecule has 0 fully saturated rings. The molecule has 0 saturated carbocycles. The number of hydrogen-bond acceptors (Lipinski definition) is 5. The Morgan fingerprint density at radius 2 is 2.19 bits per heavy atom. The maximum Gasteiger partial charge on any atom is 0.278 e. The smallest absolute Gasteiger partial charge is 0.278 e. The van der Waals surface area contributed by atoms with E-state index >= 15 is 0 Å². The van der Waals surface area contributed by atoms with Gasteiger partial charge < -0.3 is 10.3 Å². The first-order valence-corrected chi connectivity index (χ1v) is 6.28. The summed E-state index contributed by atoms with van der Waals surface area (Å²) >= 11 is 0. The number of nitrogens with zero attached hydrogens (tertiary/aromatic N) is 3. The normalized spacial score (nSPS) is 10.5. The number of nitrogens with one attached hydrogen (secondary N) is 1. The van der Waals surface area contributed by atoms with Crippen LogP contribution >= 0.6 is 0 Å². The van der Waals surface area contributed by atoms with E-state index in [0.29, 0.717) is 11.4 Å². The summed E-state index contributed by atoms with van der Waals surface area (Å²) in [5.74, 6) is -0.0789. The van der Waals surface area contributed by atoms with Crippen LogP contribution in [0.4, 0.5) is 11.6 Å². The Kier molecular flexibility index (Phi) is 3.15. The Morgan fingerprint density at radius 3 is 2.90 bits per heavy atom. The van der Waals surface area contributed by atoms with Crippen molar-refractivity contribution >= 4 is 17.5 Å². The molecular formula is C14H13N5O2. The van der Waals surface area contributed by atoms with Crippen molar-refractivity contribution in [3.63, 3.8) is 0 Å². The van der Waals surface area contributed by atoms with Gasteiger partial charge in [-0.15, -0.1) is 0 Å². The number of aromatic nitrogens is 3. The van der Waals surface area contributed by atoms with Crippen LogP contribution in [-0.2, 0) is 0 Å². The molecule has 7 nitrogen and oxygen atoms in total. The first-order chi connectivity index (χ1) is 10.1. The fourth-order valence-corrected chi connectivity index (χ4v) is 1.85. The van der Waals surface area contributed by atoms with Crippen molar-refractivity contribution in [2.75, 3.05) is 11.1 Å². The van der Waals surface area contributed by atoms with E-state index < -0.39 is 0 Å². The highest BCUT2D eigenvalue weighted by Gasteiger charge is 2.12.